The van der Waals surface area contributed by atoms with Crippen LogP contribution in [0, 0.1) is 35.0 Å². The third-order valence-electron chi connectivity index (χ3n) is 12.1. The number of carbonyl (C=O) groups excluding carboxylic acids is 2. The molecule has 8 atom stereocenters. The Morgan fingerprint density at radius 2 is 1.95 bits per heavy atom. The van der Waals surface area contributed by atoms with Crippen LogP contribution < -0.4 is 5.32 Å². The second-order valence-electron chi connectivity index (χ2n) is 14.6. The summed E-state index contributed by atoms with van der Waals surface area (Å²) in [6.45, 7) is 10.7. The van der Waals surface area contributed by atoms with E-state index in [2.05, 4.69) is 31.0 Å². The van der Waals surface area contributed by atoms with Gasteiger partial charge in [-0.3, -0.25) is 14.5 Å². The molecular weight excluding hydrogens is 508 g/mol. The maximum absolute atomic E-state index is 12.6. The molecule has 0 radical (unpaired) electrons. The van der Waals surface area contributed by atoms with Crippen LogP contribution in [-0.2, 0) is 20.7 Å². The Morgan fingerprint density at radius 3 is 2.78 bits per heavy atom. The van der Waals surface area contributed by atoms with Crippen molar-refractivity contribution in [2.45, 2.75) is 104 Å². The number of likely N-dealkylation sites (tertiary alicyclic amines) is 1. The molecule has 2 heterocycles. The Morgan fingerprint density at radius 1 is 1.12 bits per heavy atom. The number of benzene rings is 1. The molecule has 224 valence electrons. The van der Waals surface area contributed by atoms with Crippen LogP contribution in [0.15, 0.2) is 41.5 Å². The van der Waals surface area contributed by atoms with Crippen molar-refractivity contribution in [1.29, 1.82) is 0 Å². The van der Waals surface area contributed by atoms with Gasteiger partial charge in [-0.05, 0) is 98.0 Å². The van der Waals surface area contributed by atoms with Crippen LogP contribution in [-0.4, -0.2) is 55.0 Å². The van der Waals surface area contributed by atoms with Gasteiger partial charge >= 0.3 is 0 Å². The zero-order valence-corrected chi connectivity index (χ0v) is 25.7. The fourth-order valence-electron chi connectivity index (χ4n) is 9.88. The highest BCUT2D eigenvalue weighted by Gasteiger charge is 2.55. The minimum atomic E-state index is 0.106. The van der Waals surface area contributed by atoms with Crippen LogP contribution in [0.2, 0.25) is 0 Å². The number of ketones is 1. The molecule has 3 aliphatic carbocycles. The maximum Gasteiger partial charge on any atom is 0.224 e. The number of Topliss-reactive ketones (excluding diaryl/α,β-unsaturated/α-hetero) is 1. The monoisotopic (exact) mass is 560 g/mol. The first-order valence-corrected chi connectivity index (χ1v) is 16.7. The summed E-state index contributed by atoms with van der Waals surface area (Å²) >= 11 is 0. The zero-order chi connectivity index (χ0) is 28.6. The van der Waals surface area contributed by atoms with Crippen LogP contribution in [0.25, 0.3) is 0 Å². The van der Waals surface area contributed by atoms with E-state index in [0.717, 1.165) is 62.8 Å². The number of allylic oxidation sites excluding steroid dienone is 1. The summed E-state index contributed by atoms with van der Waals surface area (Å²) in [6.07, 6.45) is 12.1. The second-order valence-corrected chi connectivity index (χ2v) is 14.6. The van der Waals surface area contributed by atoms with E-state index in [1.165, 1.54) is 44.1 Å². The molecule has 1 aromatic carbocycles. The second kappa shape index (κ2) is 12.3. The lowest BCUT2D eigenvalue weighted by atomic mass is 9.52. The first-order valence-electron chi connectivity index (χ1n) is 16.7. The van der Waals surface area contributed by atoms with E-state index in [0.29, 0.717) is 48.0 Å². The number of piperidine rings is 1. The fourth-order valence-corrected chi connectivity index (χ4v) is 9.88. The molecule has 4 fully saturated rings. The number of hydrogen-bond acceptors (Lipinski definition) is 4. The van der Waals surface area contributed by atoms with Crippen LogP contribution in [0.1, 0.15) is 90.5 Å². The molecule has 1 aromatic rings. The van der Waals surface area contributed by atoms with Gasteiger partial charge < -0.3 is 10.1 Å². The van der Waals surface area contributed by atoms with Crippen molar-refractivity contribution in [3.8, 4) is 0 Å². The van der Waals surface area contributed by atoms with Crippen molar-refractivity contribution < 1.29 is 14.3 Å². The molecule has 1 amide bonds. The SMILES string of the molecule is C/C1=C2\C[C@H]3[C@@H](CC[C@@H]4CC(=O)CC[C@@]43C)[C@@H]2CCC[C@H]2[C@@H](C[C@H](C)CN2CCNC(=O)Cc2ccccc2)OC1. The first kappa shape index (κ1) is 29.1. The Kier molecular flexibility index (Phi) is 8.75. The van der Waals surface area contributed by atoms with Gasteiger partial charge in [0.15, 0.2) is 0 Å². The summed E-state index contributed by atoms with van der Waals surface area (Å²) in [4.78, 5) is 27.5. The Hall–Kier alpha value is -1.98. The summed E-state index contributed by atoms with van der Waals surface area (Å²) in [5.74, 6) is 4.03. The van der Waals surface area contributed by atoms with Gasteiger partial charge in [0, 0.05) is 38.5 Å². The van der Waals surface area contributed by atoms with Crippen LogP contribution in [0.3, 0.4) is 0 Å². The molecule has 0 spiro atoms. The third kappa shape index (κ3) is 6.09. The molecule has 5 aliphatic rings. The lowest BCUT2D eigenvalue weighted by Gasteiger charge is -2.52. The summed E-state index contributed by atoms with van der Waals surface area (Å²) in [5.41, 5.74) is 4.62. The third-order valence-corrected chi connectivity index (χ3v) is 12.1. The highest BCUT2D eigenvalue weighted by Crippen LogP contribution is 2.63. The molecule has 0 unspecified atom stereocenters. The average Bonchev–Trinajstić information content (AvgIpc) is 3.33. The van der Waals surface area contributed by atoms with E-state index in [9.17, 15) is 9.59 Å². The highest BCUT2D eigenvalue weighted by molar-refractivity contribution is 5.79. The number of nitrogens with zero attached hydrogens (tertiary/aromatic N) is 1. The highest BCUT2D eigenvalue weighted by atomic mass is 16.5. The van der Waals surface area contributed by atoms with Gasteiger partial charge in [0.1, 0.15) is 5.78 Å². The summed E-state index contributed by atoms with van der Waals surface area (Å²) in [7, 11) is 0. The first-order chi connectivity index (χ1) is 19.8. The normalized spacial score (nSPS) is 39.7. The summed E-state index contributed by atoms with van der Waals surface area (Å²) in [6, 6.07) is 10.4. The van der Waals surface area contributed by atoms with E-state index in [1.807, 2.05) is 30.3 Å². The van der Waals surface area contributed by atoms with Gasteiger partial charge in [-0.25, -0.2) is 0 Å². The molecule has 3 saturated carbocycles. The van der Waals surface area contributed by atoms with Crippen LogP contribution in [0.5, 0.6) is 0 Å². The Balaban J connectivity index is 1.11. The minimum absolute atomic E-state index is 0.106. The maximum atomic E-state index is 12.6. The molecule has 5 heteroatoms. The number of carbonyl (C=O) groups is 2. The summed E-state index contributed by atoms with van der Waals surface area (Å²) < 4.78 is 6.82. The van der Waals surface area contributed by atoms with Crippen molar-refractivity contribution in [1.82, 2.24) is 10.2 Å². The molecule has 6 rings (SSSR count). The largest absolute Gasteiger partial charge is 0.372 e. The van der Waals surface area contributed by atoms with E-state index in [-0.39, 0.29) is 12.0 Å². The molecule has 0 aromatic heterocycles. The molecule has 1 saturated heterocycles. The number of ether oxygens (including phenoxy) is 1. The minimum Gasteiger partial charge on any atom is -0.372 e. The standard InChI is InChI=1S/C36H52N2O3/c1-24-18-34-33(38(22-24)17-16-37-35(40)19-26-8-5-4-6-9-26)11-7-10-29-30-13-12-27-20-28(39)14-15-36(27,3)32(30)21-31(29)25(2)23-41-34/h4-6,8-9,24,27,29-30,32-34H,7,10-23H2,1-3H3,(H,37,40)/b31-25-/t24-,27+,29-,30-,32-,33-,34+,36-/m0/s1. The fraction of sp³-hybridized carbons (Fsp3) is 0.722. The van der Waals surface area contributed by atoms with E-state index in [4.69, 9.17) is 4.74 Å². The molecular formula is C36H52N2O3. The van der Waals surface area contributed by atoms with Crippen LogP contribution >= 0.6 is 0 Å². The molecule has 2 aliphatic heterocycles. The zero-order valence-electron chi connectivity index (χ0n) is 25.7. The number of hydrogen-bond donors (Lipinski definition) is 1. The van der Waals surface area contributed by atoms with Gasteiger partial charge in [0.05, 0.1) is 19.1 Å². The van der Waals surface area contributed by atoms with Crippen molar-refractivity contribution >= 4 is 11.7 Å². The average molecular weight is 561 g/mol. The number of fused-ring (bicyclic) bond motifs is 6. The Labute approximate surface area is 247 Å². The lowest BCUT2D eigenvalue weighted by molar-refractivity contribution is -0.129. The van der Waals surface area contributed by atoms with Crippen molar-refractivity contribution in [3.63, 3.8) is 0 Å². The van der Waals surface area contributed by atoms with Gasteiger partial charge in [0.2, 0.25) is 5.91 Å². The lowest BCUT2D eigenvalue weighted by Crippen LogP contribution is -2.54. The number of rotatable bonds is 5. The van der Waals surface area contributed by atoms with Gasteiger partial charge in [-0.1, -0.05) is 56.2 Å². The molecule has 5 nitrogen and oxygen atoms in total. The van der Waals surface area contributed by atoms with Crippen molar-refractivity contribution in [2.24, 2.45) is 35.0 Å². The predicted molar refractivity (Wildman–Crippen MR) is 163 cm³/mol. The molecule has 1 N–H and O–H groups in total. The van der Waals surface area contributed by atoms with Gasteiger partial charge in [-0.2, -0.15) is 0 Å². The molecule has 41 heavy (non-hydrogen) atoms. The molecule has 0 bridgehead atoms. The Bertz CT molecular complexity index is 1130. The van der Waals surface area contributed by atoms with Crippen molar-refractivity contribution in [3.05, 3.63) is 47.0 Å². The van der Waals surface area contributed by atoms with Gasteiger partial charge in [0.25, 0.3) is 0 Å². The number of nitrogens with one attached hydrogen (secondary N) is 1. The number of amides is 1. The van der Waals surface area contributed by atoms with E-state index < -0.39 is 0 Å². The van der Waals surface area contributed by atoms with Crippen molar-refractivity contribution in [2.75, 3.05) is 26.2 Å². The topological polar surface area (TPSA) is 58.6 Å². The van der Waals surface area contributed by atoms with Crippen LogP contribution in [0.4, 0.5) is 0 Å². The van der Waals surface area contributed by atoms with E-state index >= 15 is 0 Å². The quantitative estimate of drug-likeness (QED) is 0.426. The van der Waals surface area contributed by atoms with Gasteiger partial charge in [-0.15, -0.1) is 0 Å². The van der Waals surface area contributed by atoms with E-state index in [1.54, 1.807) is 5.57 Å². The summed E-state index contributed by atoms with van der Waals surface area (Å²) in [5, 5.41) is 3.19. The smallest absolute Gasteiger partial charge is 0.224 e. The predicted octanol–water partition coefficient (Wildman–Crippen LogP) is 6.36.